The summed E-state index contributed by atoms with van der Waals surface area (Å²) in [6.45, 7) is 9.95. The molecule has 0 bridgehead atoms. The van der Waals surface area contributed by atoms with Gasteiger partial charge in [-0.1, -0.05) is 13.8 Å². The van der Waals surface area contributed by atoms with E-state index in [1.165, 1.54) is 57.8 Å². The Labute approximate surface area is 195 Å². The Morgan fingerprint density at radius 1 is 1.16 bits per heavy atom. The molecule has 32 heavy (non-hydrogen) atoms. The van der Waals surface area contributed by atoms with Gasteiger partial charge in [-0.3, -0.25) is 4.68 Å². The Bertz CT molecular complexity index is 827. The number of hydrogen-bond acceptors (Lipinski definition) is 3. The molecule has 9 unspecified atom stereocenters. The van der Waals surface area contributed by atoms with Crippen molar-refractivity contribution in [3.63, 3.8) is 0 Å². The van der Waals surface area contributed by atoms with E-state index in [9.17, 15) is 5.26 Å². The number of rotatable bonds is 6. The Hall–Kier alpha value is -1.34. The van der Waals surface area contributed by atoms with Crippen LogP contribution in [0.3, 0.4) is 0 Å². The molecule has 4 aliphatic carbocycles. The lowest BCUT2D eigenvalue weighted by Gasteiger charge is -2.57. The maximum absolute atomic E-state index is 9.39. The molecule has 4 fully saturated rings. The molecule has 0 amide bonds. The van der Waals surface area contributed by atoms with Gasteiger partial charge in [-0.15, -0.1) is 0 Å². The van der Waals surface area contributed by atoms with Crippen LogP contribution in [0.4, 0.5) is 0 Å². The molecule has 5 rings (SSSR count). The van der Waals surface area contributed by atoms with Crippen molar-refractivity contribution in [2.24, 2.45) is 52.8 Å². The highest BCUT2D eigenvalue weighted by atomic mass is 16.5. The molecule has 0 aromatic carbocycles. The lowest BCUT2D eigenvalue weighted by atomic mass is 9.49. The fourth-order valence-corrected chi connectivity index (χ4v) is 9.33. The van der Waals surface area contributed by atoms with Crippen molar-refractivity contribution < 1.29 is 4.74 Å². The van der Waals surface area contributed by atoms with Crippen molar-refractivity contribution in [2.45, 2.75) is 85.1 Å². The molecule has 1 heterocycles. The summed E-state index contributed by atoms with van der Waals surface area (Å²) >= 11 is 0. The van der Waals surface area contributed by atoms with Crippen LogP contribution in [-0.2, 0) is 11.3 Å². The Morgan fingerprint density at radius 3 is 2.81 bits per heavy atom. The molecule has 0 saturated heterocycles. The first-order valence-electron chi connectivity index (χ1n) is 13.5. The van der Waals surface area contributed by atoms with Gasteiger partial charge < -0.3 is 4.74 Å². The SMILES string of the molecule is CCOCC1CCC2C(CCC3C2CCC2(C)C(C(C)Cn4nccc4C#N)CCC32)C1. The van der Waals surface area contributed by atoms with E-state index in [4.69, 9.17) is 4.74 Å². The van der Waals surface area contributed by atoms with Gasteiger partial charge in [-0.2, -0.15) is 10.4 Å². The van der Waals surface area contributed by atoms with E-state index >= 15 is 0 Å². The van der Waals surface area contributed by atoms with Crippen LogP contribution < -0.4 is 0 Å². The number of nitrogens with zero attached hydrogens (tertiary/aromatic N) is 3. The highest BCUT2D eigenvalue weighted by Gasteiger charge is 2.57. The first-order valence-corrected chi connectivity index (χ1v) is 13.5. The van der Waals surface area contributed by atoms with E-state index in [1.807, 2.05) is 10.7 Å². The standard InChI is InChI=1S/C28H43N3O/c1-4-32-18-20-5-7-23-21(15-20)6-8-25-24(23)11-13-28(3)26(9-10-27(25)28)19(2)17-31-22(16-29)12-14-30-31/h12,14,19-21,23-27H,4-11,13,15,17-18H2,1-3H3. The summed E-state index contributed by atoms with van der Waals surface area (Å²) in [5.41, 5.74) is 1.19. The normalized spacial score (nSPS) is 41.9. The average molecular weight is 438 g/mol. The molecule has 4 nitrogen and oxygen atoms in total. The molecule has 0 aliphatic heterocycles. The van der Waals surface area contributed by atoms with Gasteiger partial charge in [0.15, 0.2) is 0 Å². The van der Waals surface area contributed by atoms with Crippen LogP contribution in [0.2, 0.25) is 0 Å². The van der Waals surface area contributed by atoms with Gasteiger partial charge in [0.25, 0.3) is 0 Å². The summed E-state index contributed by atoms with van der Waals surface area (Å²) in [6.07, 6.45) is 14.7. The number of ether oxygens (including phenoxy) is 1. The zero-order chi connectivity index (χ0) is 22.3. The second-order valence-corrected chi connectivity index (χ2v) is 12.0. The third kappa shape index (κ3) is 3.83. The van der Waals surface area contributed by atoms with Crippen LogP contribution in [0.15, 0.2) is 12.3 Å². The summed E-state index contributed by atoms with van der Waals surface area (Å²) < 4.78 is 7.73. The minimum atomic E-state index is 0.486. The maximum atomic E-state index is 9.39. The highest BCUT2D eigenvalue weighted by molar-refractivity contribution is 5.18. The lowest BCUT2D eigenvalue weighted by molar-refractivity contribution is -0.0786. The van der Waals surface area contributed by atoms with E-state index in [0.29, 0.717) is 17.0 Å². The van der Waals surface area contributed by atoms with Crippen LogP contribution in [0.5, 0.6) is 0 Å². The fourth-order valence-electron chi connectivity index (χ4n) is 9.33. The third-order valence-electron chi connectivity index (χ3n) is 10.7. The zero-order valence-corrected chi connectivity index (χ0v) is 20.5. The molecule has 1 aromatic heterocycles. The summed E-state index contributed by atoms with van der Waals surface area (Å²) in [7, 11) is 0. The smallest absolute Gasteiger partial charge is 0.138 e. The summed E-state index contributed by atoms with van der Waals surface area (Å²) in [4.78, 5) is 0. The zero-order valence-electron chi connectivity index (χ0n) is 20.5. The molecule has 0 N–H and O–H groups in total. The Morgan fingerprint density at radius 2 is 2.00 bits per heavy atom. The van der Waals surface area contributed by atoms with Crippen LogP contribution >= 0.6 is 0 Å². The van der Waals surface area contributed by atoms with Gasteiger partial charge >= 0.3 is 0 Å². The van der Waals surface area contributed by atoms with E-state index in [-0.39, 0.29) is 0 Å². The van der Waals surface area contributed by atoms with Crippen molar-refractivity contribution in [2.75, 3.05) is 13.2 Å². The minimum Gasteiger partial charge on any atom is -0.381 e. The maximum Gasteiger partial charge on any atom is 0.138 e. The topological polar surface area (TPSA) is 50.8 Å². The average Bonchev–Trinajstić information content (AvgIpc) is 3.40. The number of nitriles is 1. The van der Waals surface area contributed by atoms with Crippen LogP contribution in [0.1, 0.15) is 84.3 Å². The van der Waals surface area contributed by atoms with Gasteiger partial charge in [-0.05, 0) is 124 Å². The molecule has 4 aliphatic rings. The molecule has 0 radical (unpaired) electrons. The number of fused-ring (bicyclic) bond motifs is 5. The fraction of sp³-hybridized carbons (Fsp3) is 0.857. The van der Waals surface area contributed by atoms with Crippen LogP contribution in [0, 0.1) is 64.1 Å². The first-order chi connectivity index (χ1) is 15.5. The highest BCUT2D eigenvalue weighted by Crippen LogP contribution is 2.65. The lowest BCUT2D eigenvalue weighted by Crippen LogP contribution is -2.49. The van der Waals surface area contributed by atoms with E-state index in [1.54, 1.807) is 6.20 Å². The quantitative estimate of drug-likeness (QED) is 0.524. The van der Waals surface area contributed by atoms with E-state index in [2.05, 4.69) is 31.9 Å². The van der Waals surface area contributed by atoms with Crippen molar-refractivity contribution in [3.05, 3.63) is 18.0 Å². The van der Waals surface area contributed by atoms with Gasteiger partial charge in [-0.25, -0.2) is 0 Å². The molecule has 176 valence electrons. The molecular weight excluding hydrogens is 394 g/mol. The van der Waals surface area contributed by atoms with Gasteiger partial charge in [0.1, 0.15) is 11.8 Å². The minimum absolute atomic E-state index is 0.486. The molecular formula is C28H43N3O. The Kier molecular flexibility index (Phi) is 6.41. The van der Waals surface area contributed by atoms with Crippen molar-refractivity contribution >= 4 is 0 Å². The first kappa shape index (κ1) is 22.5. The van der Waals surface area contributed by atoms with Crippen LogP contribution in [0.25, 0.3) is 0 Å². The van der Waals surface area contributed by atoms with Gasteiger partial charge in [0.05, 0.1) is 6.20 Å². The van der Waals surface area contributed by atoms with Crippen LogP contribution in [-0.4, -0.2) is 23.0 Å². The largest absolute Gasteiger partial charge is 0.381 e. The molecule has 9 atom stereocenters. The second-order valence-electron chi connectivity index (χ2n) is 12.0. The number of aromatic nitrogens is 2. The summed E-state index contributed by atoms with van der Waals surface area (Å²) in [5, 5.41) is 13.8. The predicted octanol–water partition coefficient (Wildman–Crippen LogP) is 6.31. The molecule has 4 saturated carbocycles. The summed E-state index contributed by atoms with van der Waals surface area (Å²) in [6, 6.07) is 4.15. The Balaban J connectivity index is 1.26. The predicted molar refractivity (Wildman–Crippen MR) is 127 cm³/mol. The third-order valence-corrected chi connectivity index (χ3v) is 10.7. The monoisotopic (exact) mass is 437 g/mol. The summed E-state index contributed by atoms with van der Waals surface area (Å²) in [5.74, 6) is 7.01. The number of hydrogen-bond donors (Lipinski definition) is 0. The van der Waals surface area contributed by atoms with Gasteiger partial charge in [0.2, 0.25) is 0 Å². The molecule has 4 heteroatoms. The molecule has 1 aromatic rings. The van der Waals surface area contributed by atoms with Crippen molar-refractivity contribution in [1.82, 2.24) is 9.78 Å². The van der Waals surface area contributed by atoms with Crippen molar-refractivity contribution in [1.29, 1.82) is 5.26 Å². The van der Waals surface area contributed by atoms with Crippen molar-refractivity contribution in [3.8, 4) is 6.07 Å². The van der Waals surface area contributed by atoms with E-state index in [0.717, 1.165) is 61.2 Å². The molecule has 0 spiro atoms. The van der Waals surface area contributed by atoms with Gasteiger partial charge in [0, 0.05) is 19.8 Å². The van der Waals surface area contributed by atoms with E-state index < -0.39 is 0 Å². The second kappa shape index (κ2) is 9.13.